The lowest BCUT2D eigenvalue weighted by Gasteiger charge is -2.07. The molecule has 3 rings (SSSR count). The third-order valence-corrected chi connectivity index (χ3v) is 3.23. The van der Waals surface area contributed by atoms with Crippen molar-refractivity contribution in [2.24, 2.45) is 0 Å². The fourth-order valence-electron chi connectivity index (χ4n) is 2.24. The van der Waals surface area contributed by atoms with Gasteiger partial charge in [0, 0.05) is 5.56 Å². The molecule has 2 aromatic carbocycles. The van der Waals surface area contributed by atoms with Crippen molar-refractivity contribution in [2.75, 3.05) is 0 Å². The number of aromatic nitrogens is 3. The highest BCUT2D eigenvalue weighted by molar-refractivity contribution is 5.62. The number of benzene rings is 2. The Bertz CT molecular complexity index is 630. The van der Waals surface area contributed by atoms with Gasteiger partial charge in [-0.1, -0.05) is 54.6 Å². The quantitative estimate of drug-likeness (QED) is 0.771. The number of hydrogen-bond donors (Lipinski definition) is 1. The van der Waals surface area contributed by atoms with Crippen LogP contribution in [-0.2, 0) is 12.8 Å². The van der Waals surface area contributed by atoms with Crippen LogP contribution in [0.25, 0.3) is 11.3 Å². The zero-order valence-electron chi connectivity index (χ0n) is 10.6. The topological polar surface area (TPSA) is 41.6 Å². The lowest BCUT2D eigenvalue weighted by Crippen LogP contribution is -1.94. The summed E-state index contributed by atoms with van der Waals surface area (Å²) in [7, 11) is 0. The minimum atomic E-state index is 0.906. The normalized spacial score (nSPS) is 10.5. The minimum absolute atomic E-state index is 0.906. The van der Waals surface area contributed by atoms with Gasteiger partial charge in [0.1, 0.15) is 5.69 Å². The molecule has 1 heterocycles. The zero-order chi connectivity index (χ0) is 12.9. The fourth-order valence-corrected chi connectivity index (χ4v) is 2.24. The Labute approximate surface area is 112 Å². The van der Waals surface area contributed by atoms with Gasteiger partial charge in [0.25, 0.3) is 0 Å². The van der Waals surface area contributed by atoms with E-state index in [2.05, 4.69) is 57.9 Å². The highest BCUT2D eigenvalue weighted by Crippen LogP contribution is 2.22. The van der Waals surface area contributed by atoms with Crippen LogP contribution in [0.5, 0.6) is 0 Å². The predicted molar refractivity (Wildman–Crippen MR) is 75.7 cm³/mol. The molecule has 3 heteroatoms. The van der Waals surface area contributed by atoms with Crippen LogP contribution >= 0.6 is 0 Å². The van der Waals surface area contributed by atoms with Gasteiger partial charge < -0.3 is 0 Å². The first-order chi connectivity index (χ1) is 9.43. The van der Waals surface area contributed by atoms with E-state index >= 15 is 0 Å². The molecule has 3 aromatic rings. The van der Waals surface area contributed by atoms with Crippen molar-refractivity contribution in [1.82, 2.24) is 15.4 Å². The number of aryl methyl sites for hydroxylation is 2. The van der Waals surface area contributed by atoms with Gasteiger partial charge >= 0.3 is 0 Å². The van der Waals surface area contributed by atoms with E-state index in [1.807, 2.05) is 12.1 Å². The molecule has 0 amide bonds. The fraction of sp³-hybridized carbons (Fsp3) is 0.125. The van der Waals surface area contributed by atoms with E-state index < -0.39 is 0 Å². The Balaban J connectivity index is 1.82. The molecule has 0 fully saturated rings. The van der Waals surface area contributed by atoms with E-state index in [-0.39, 0.29) is 0 Å². The molecule has 3 nitrogen and oxygen atoms in total. The standard InChI is InChI=1S/C16H15N3/c1-2-6-13(7-3-1)10-11-14-8-4-5-9-15(14)16-12-17-19-18-16/h1-9,12H,10-11H2,(H,17,18,19). The maximum Gasteiger partial charge on any atom is 0.113 e. The second-order valence-electron chi connectivity index (χ2n) is 4.50. The van der Waals surface area contributed by atoms with Gasteiger partial charge in [-0.05, 0) is 24.0 Å². The van der Waals surface area contributed by atoms with E-state index in [1.54, 1.807) is 6.20 Å². The molecule has 0 atom stereocenters. The molecule has 0 saturated heterocycles. The summed E-state index contributed by atoms with van der Waals surface area (Å²) in [4.78, 5) is 0. The number of H-pyrrole nitrogens is 1. The highest BCUT2D eigenvalue weighted by Gasteiger charge is 2.06. The van der Waals surface area contributed by atoms with Crippen molar-refractivity contribution in [3.63, 3.8) is 0 Å². The Hall–Kier alpha value is -2.42. The van der Waals surface area contributed by atoms with Crippen molar-refractivity contribution in [1.29, 1.82) is 0 Å². The lowest BCUT2D eigenvalue weighted by atomic mass is 9.98. The maximum atomic E-state index is 4.17. The molecule has 19 heavy (non-hydrogen) atoms. The van der Waals surface area contributed by atoms with E-state index in [9.17, 15) is 0 Å². The number of rotatable bonds is 4. The third-order valence-electron chi connectivity index (χ3n) is 3.23. The third kappa shape index (κ3) is 2.71. The molecule has 1 N–H and O–H groups in total. The van der Waals surface area contributed by atoms with Gasteiger partial charge in [0.15, 0.2) is 0 Å². The van der Waals surface area contributed by atoms with Crippen LogP contribution in [0.4, 0.5) is 0 Å². The van der Waals surface area contributed by atoms with E-state index in [0.717, 1.165) is 24.1 Å². The molecular formula is C16H15N3. The Morgan fingerprint density at radius 3 is 2.42 bits per heavy atom. The molecule has 0 unspecified atom stereocenters. The van der Waals surface area contributed by atoms with Crippen molar-refractivity contribution < 1.29 is 0 Å². The summed E-state index contributed by atoms with van der Waals surface area (Å²) in [5.74, 6) is 0. The van der Waals surface area contributed by atoms with Crippen LogP contribution in [0.2, 0.25) is 0 Å². The SMILES string of the molecule is c1ccc(CCc2ccccc2-c2cn[nH]n2)cc1. The molecule has 0 bridgehead atoms. The summed E-state index contributed by atoms with van der Waals surface area (Å²) in [6.07, 6.45) is 3.81. The molecule has 0 saturated carbocycles. The Morgan fingerprint density at radius 2 is 1.63 bits per heavy atom. The maximum absolute atomic E-state index is 4.17. The summed E-state index contributed by atoms with van der Waals surface area (Å²) in [5.41, 5.74) is 4.73. The number of hydrogen-bond acceptors (Lipinski definition) is 2. The summed E-state index contributed by atoms with van der Waals surface area (Å²) in [6.45, 7) is 0. The van der Waals surface area contributed by atoms with Gasteiger partial charge in [-0.25, -0.2) is 0 Å². The zero-order valence-corrected chi connectivity index (χ0v) is 10.6. The summed E-state index contributed by atoms with van der Waals surface area (Å²) >= 11 is 0. The lowest BCUT2D eigenvalue weighted by molar-refractivity contribution is 0.937. The molecular weight excluding hydrogens is 234 g/mol. The van der Waals surface area contributed by atoms with E-state index in [0.29, 0.717) is 0 Å². The first-order valence-corrected chi connectivity index (χ1v) is 6.41. The second kappa shape index (κ2) is 5.48. The van der Waals surface area contributed by atoms with Crippen LogP contribution in [-0.4, -0.2) is 15.4 Å². The molecule has 94 valence electrons. The van der Waals surface area contributed by atoms with Gasteiger partial charge in [-0.15, -0.1) is 0 Å². The van der Waals surface area contributed by atoms with Crippen LogP contribution in [0, 0.1) is 0 Å². The smallest absolute Gasteiger partial charge is 0.113 e. The molecule has 0 radical (unpaired) electrons. The molecule has 1 aromatic heterocycles. The molecule has 0 aliphatic heterocycles. The van der Waals surface area contributed by atoms with E-state index in [4.69, 9.17) is 0 Å². The van der Waals surface area contributed by atoms with Crippen LogP contribution < -0.4 is 0 Å². The Kier molecular flexibility index (Phi) is 3.36. The molecule has 0 spiro atoms. The van der Waals surface area contributed by atoms with Crippen molar-refractivity contribution >= 4 is 0 Å². The number of aromatic amines is 1. The van der Waals surface area contributed by atoms with Crippen LogP contribution in [0.1, 0.15) is 11.1 Å². The number of nitrogens with one attached hydrogen (secondary N) is 1. The summed E-state index contributed by atoms with van der Waals surface area (Å²) < 4.78 is 0. The minimum Gasteiger partial charge on any atom is -0.197 e. The average molecular weight is 249 g/mol. The summed E-state index contributed by atoms with van der Waals surface area (Å²) in [5, 5.41) is 10.7. The average Bonchev–Trinajstić information content (AvgIpc) is 3.01. The van der Waals surface area contributed by atoms with Crippen molar-refractivity contribution in [3.05, 3.63) is 71.9 Å². The first-order valence-electron chi connectivity index (χ1n) is 6.41. The number of nitrogens with zero attached hydrogens (tertiary/aromatic N) is 2. The predicted octanol–water partition coefficient (Wildman–Crippen LogP) is 3.26. The summed E-state index contributed by atoms with van der Waals surface area (Å²) in [6, 6.07) is 18.9. The van der Waals surface area contributed by atoms with Crippen molar-refractivity contribution in [3.8, 4) is 11.3 Å². The molecule has 0 aliphatic rings. The van der Waals surface area contributed by atoms with Gasteiger partial charge in [-0.3, -0.25) is 0 Å². The van der Waals surface area contributed by atoms with Gasteiger partial charge in [-0.2, -0.15) is 15.4 Å². The van der Waals surface area contributed by atoms with Gasteiger partial charge in [0.05, 0.1) is 6.20 Å². The van der Waals surface area contributed by atoms with Crippen molar-refractivity contribution in [2.45, 2.75) is 12.8 Å². The highest BCUT2D eigenvalue weighted by atomic mass is 15.3. The van der Waals surface area contributed by atoms with Gasteiger partial charge in [0.2, 0.25) is 0 Å². The Morgan fingerprint density at radius 1 is 0.842 bits per heavy atom. The monoisotopic (exact) mass is 249 g/mol. The molecule has 0 aliphatic carbocycles. The largest absolute Gasteiger partial charge is 0.197 e. The van der Waals surface area contributed by atoms with Crippen LogP contribution in [0.15, 0.2) is 60.8 Å². The second-order valence-corrected chi connectivity index (χ2v) is 4.50. The van der Waals surface area contributed by atoms with E-state index in [1.165, 1.54) is 11.1 Å². The van der Waals surface area contributed by atoms with Crippen LogP contribution in [0.3, 0.4) is 0 Å². The first kappa shape index (κ1) is 11.7.